The normalized spacial score (nSPS) is 49.0. The van der Waals surface area contributed by atoms with Gasteiger partial charge in [0.15, 0.2) is 6.29 Å². The topological polar surface area (TPSA) is 466 Å². The number of hydrogen-bond acceptors (Lipinski definition) is 29. The average Bonchev–Trinajstić information content (AvgIpc) is 3.40. The molecule has 75 heavy (non-hydrogen) atoms. The molecular weight excluding hydrogens is 1020 g/mol. The smallest absolute Gasteiger partial charge is 0.186 e. The molecule has 6 fully saturated rings. The molecule has 0 aromatic rings. The summed E-state index contributed by atoms with van der Waals surface area (Å²) < 4.78 is 62.8. The molecule has 440 valence electrons. The number of aliphatic hydroxyl groups is 18. The molecule has 0 radical (unpaired) electrons. The minimum absolute atomic E-state index is 0.219. The van der Waals surface area contributed by atoms with Gasteiger partial charge in [0.25, 0.3) is 0 Å². The van der Waals surface area contributed by atoms with Crippen LogP contribution in [0.1, 0.15) is 20.3 Å². The summed E-state index contributed by atoms with van der Waals surface area (Å²) in [6, 6.07) is 0. The average molecular weight is 1100 g/mol. The van der Waals surface area contributed by atoms with Crippen LogP contribution < -0.4 is 0 Å². The second-order valence-corrected chi connectivity index (χ2v) is 20.4. The maximum Gasteiger partial charge on any atom is 0.186 e. The van der Waals surface area contributed by atoms with Crippen LogP contribution in [0.25, 0.3) is 0 Å². The van der Waals surface area contributed by atoms with Gasteiger partial charge in [-0.15, -0.1) is 0 Å². The first-order valence-corrected chi connectivity index (χ1v) is 25.5. The third kappa shape index (κ3) is 14.7. The Labute approximate surface area is 432 Å². The summed E-state index contributed by atoms with van der Waals surface area (Å²) in [5, 5.41) is 190. The zero-order valence-electron chi connectivity index (χ0n) is 41.8. The summed E-state index contributed by atoms with van der Waals surface area (Å²) in [5.74, 6) is -3.96. The molecule has 0 spiro atoms. The van der Waals surface area contributed by atoms with Gasteiger partial charge in [-0.05, 0) is 13.3 Å². The highest BCUT2D eigenvalue weighted by atomic mass is 16.7. The molecule has 0 aromatic carbocycles. The van der Waals surface area contributed by atoms with Crippen molar-refractivity contribution in [2.75, 3.05) is 85.9 Å². The SMILES string of the molecule is CCC1OC(COCC2C(CO)OC(COCC3C(CO)OC(OCC4OC(COCC5C(CO)OC(COCC6C(CO)OC(C)C(O)C6O)C(O)C5O)C(O)C(O)C4O)C(O)C3O)C(O)C2O)C(O)C(O)C1O. The minimum Gasteiger partial charge on any atom is -0.394 e. The predicted octanol–water partition coefficient (Wildman–Crippen LogP) is -10.5. The number of hydrogen-bond donors (Lipinski definition) is 18. The molecule has 30 atom stereocenters. The molecule has 6 aliphatic heterocycles. The van der Waals surface area contributed by atoms with Gasteiger partial charge in [0.2, 0.25) is 0 Å². The number of ether oxygens (including phenoxy) is 11. The van der Waals surface area contributed by atoms with E-state index in [0.29, 0.717) is 6.42 Å². The van der Waals surface area contributed by atoms with Gasteiger partial charge in [-0.25, -0.2) is 0 Å². The zero-order valence-corrected chi connectivity index (χ0v) is 41.8. The molecular formula is C46H82O29. The Morgan fingerprint density at radius 3 is 0.933 bits per heavy atom. The molecule has 0 aliphatic carbocycles. The highest BCUT2D eigenvalue weighted by Gasteiger charge is 2.51. The van der Waals surface area contributed by atoms with Crippen molar-refractivity contribution in [2.45, 2.75) is 179 Å². The van der Waals surface area contributed by atoms with Gasteiger partial charge in [0.1, 0.15) is 91.6 Å². The van der Waals surface area contributed by atoms with E-state index in [9.17, 15) is 91.9 Å². The van der Waals surface area contributed by atoms with Crippen LogP contribution in [0.15, 0.2) is 0 Å². The molecule has 6 aliphatic rings. The van der Waals surface area contributed by atoms with Crippen molar-refractivity contribution in [1.29, 1.82) is 0 Å². The van der Waals surface area contributed by atoms with Crippen LogP contribution in [0.4, 0.5) is 0 Å². The Morgan fingerprint density at radius 1 is 0.280 bits per heavy atom. The Balaban J connectivity index is 0.934. The van der Waals surface area contributed by atoms with Gasteiger partial charge >= 0.3 is 0 Å². The van der Waals surface area contributed by atoms with Crippen LogP contribution in [-0.4, -0.2) is 337 Å². The quantitative estimate of drug-likeness (QED) is 0.0427. The van der Waals surface area contributed by atoms with Crippen molar-refractivity contribution >= 4 is 0 Å². The van der Waals surface area contributed by atoms with E-state index in [1.165, 1.54) is 0 Å². The fourth-order valence-electron chi connectivity index (χ4n) is 10.6. The second kappa shape index (κ2) is 29.0. The molecule has 0 amide bonds. The Morgan fingerprint density at radius 2 is 0.560 bits per heavy atom. The Bertz CT molecular complexity index is 1640. The molecule has 29 nitrogen and oxygen atoms in total. The minimum atomic E-state index is -1.82. The first-order chi connectivity index (χ1) is 35.7. The summed E-state index contributed by atoms with van der Waals surface area (Å²) in [6.45, 7) is -2.50. The Hall–Kier alpha value is -1.16. The molecule has 6 heterocycles. The van der Waals surface area contributed by atoms with E-state index in [0.717, 1.165) is 0 Å². The molecule has 0 bridgehead atoms. The highest BCUT2D eigenvalue weighted by Crippen LogP contribution is 2.34. The van der Waals surface area contributed by atoms with Gasteiger partial charge in [-0.2, -0.15) is 0 Å². The fraction of sp³-hybridized carbons (Fsp3) is 1.00. The van der Waals surface area contributed by atoms with E-state index in [-0.39, 0.29) is 33.0 Å². The van der Waals surface area contributed by atoms with Crippen LogP contribution >= 0.6 is 0 Å². The molecule has 30 unspecified atom stereocenters. The maximum absolute atomic E-state index is 11.1. The van der Waals surface area contributed by atoms with E-state index in [2.05, 4.69) is 0 Å². The van der Waals surface area contributed by atoms with E-state index >= 15 is 0 Å². The largest absolute Gasteiger partial charge is 0.394 e. The maximum atomic E-state index is 11.1. The predicted molar refractivity (Wildman–Crippen MR) is 244 cm³/mol. The molecule has 0 saturated carbocycles. The number of rotatable bonds is 24. The summed E-state index contributed by atoms with van der Waals surface area (Å²) in [4.78, 5) is 0. The van der Waals surface area contributed by atoms with E-state index in [1.54, 1.807) is 13.8 Å². The van der Waals surface area contributed by atoms with E-state index in [4.69, 9.17) is 52.1 Å². The van der Waals surface area contributed by atoms with Gasteiger partial charge in [0.05, 0.1) is 147 Å². The lowest BCUT2D eigenvalue weighted by Gasteiger charge is -2.45. The first kappa shape index (κ1) is 63.0. The first-order valence-electron chi connectivity index (χ1n) is 25.5. The molecule has 6 saturated heterocycles. The molecule has 18 N–H and O–H groups in total. The van der Waals surface area contributed by atoms with Gasteiger partial charge in [-0.3, -0.25) is 0 Å². The van der Waals surface area contributed by atoms with Crippen molar-refractivity contribution in [2.24, 2.45) is 23.7 Å². The molecule has 29 heteroatoms. The lowest BCUT2D eigenvalue weighted by Crippen LogP contribution is -2.61. The van der Waals surface area contributed by atoms with Crippen molar-refractivity contribution in [3.05, 3.63) is 0 Å². The number of aliphatic hydroxyl groups excluding tert-OH is 18. The second-order valence-electron chi connectivity index (χ2n) is 20.4. The van der Waals surface area contributed by atoms with Crippen LogP contribution in [0.3, 0.4) is 0 Å². The van der Waals surface area contributed by atoms with Crippen molar-refractivity contribution in [1.82, 2.24) is 0 Å². The van der Waals surface area contributed by atoms with Crippen LogP contribution in [0, 0.1) is 23.7 Å². The molecule has 0 aromatic heterocycles. The third-order valence-electron chi connectivity index (χ3n) is 15.5. The van der Waals surface area contributed by atoms with Crippen molar-refractivity contribution in [3.63, 3.8) is 0 Å². The fourth-order valence-corrected chi connectivity index (χ4v) is 10.6. The lowest BCUT2D eigenvalue weighted by molar-refractivity contribution is -0.311. The summed E-state index contributed by atoms with van der Waals surface area (Å²) in [5.41, 5.74) is 0. The zero-order chi connectivity index (χ0) is 55.0. The van der Waals surface area contributed by atoms with E-state index < -0.39 is 235 Å². The van der Waals surface area contributed by atoms with Crippen molar-refractivity contribution in [3.8, 4) is 0 Å². The lowest BCUT2D eigenvalue weighted by atomic mass is 9.87. The van der Waals surface area contributed by atoms with Crippen LogP contribution in [-0.2, 0) is 52.1 Å². The highest BCUT2D eigenvalue weighted by molar-refractivity contribution is 4.98. The van der Waals surface area contributed by atoms with E-state index in [1.807, 2.05) is 0 Å². The van der Waals surface area contributed by atoms with Gasteiger partial charge in [-0.1, -0.05) is 6.92 Å². The summed E-state index contributed by atoms with van der Waals surface area (Å²) >= 11 is 0. The van der Waals surface area contributed by atoms with Crippen LogP contribution in [0.2, 0.25) is 0 Å². The monoisotopic (exact) mass is 1100 g/mol. The van der Waals surface area contributed by atoms with Gasteiger partial charge in [0, 0.05) is 23.7 Å². The van der Waals surface area contributed by atoms with Crippen LogP contribution in [0.5, 0.6) is 0 Å². The summed E-state index contributed by atoms with van der Waals surface area (Å²) in [6.07, 6.45) is -34.9. The Kier molecular flexibility index (Phi) is 24.4. The summed E-state index contributed by atoms with van der Waals surface area (Å²) in [7, 11) is 0. The van der Waals surface area contributed by atoms with Gasteiger partial charge < -0.3 is 144 Å². The standard InChI is InChI=1S/C46H82O29/c1-3-22-37(56)43(62)40(59)29(71-22)14-66-9-19-24(5-48)73-28(39(58)34(19)53)13-68-11-21-26(7-50)75-46(45(64)36(21)55)69-16-31-42(61)44(63)41(60)30(74-31)15-67-10-20-25(6-49)72-27(38(57)35(20)54)12-65-8-18-23(4-47)70-17(2)32(51)33(18)52/h17-64H,3-16H2,1-2H3. The van der Waals surface area contributed by atoms with Crippen molar-refractivity contribution < 1.29 is 144 Å². The third-order valence-corrected chi connectivity index (χ3v) is 15.5. The molecule has 6 rings (SSSR count).